The van der Waals surface area contributed by atoms with E-state index in [-0.39, 0.29) is 16.6 Å². The number of rotatable bonds is 5. The smallest absolute Gasteiger partial charge is 0.293 e. The summed E-state index contributed by atoms with van der Waals surface area (Å²) in [5.74, 6) is 0.856. The molecule has 0 amide bonds. The van der Waals surface area contributed by atoms with E-state index in [0.29, 0.717) is 30.9 Å². The Labute approximate surface area is 160 Å². The molecule has 2 heterocycles. The minimum atomic E-state index is -0.446. The molecule has 4 rings (SSSR count). The second-order valence-corrected chi connectivity index (χ2v) is 6.80. The molecule has 0 saturated heterocycles. The van der Waals surface area contributed by atoms with Crippen LogP contribution in [0.3, 0.4) is 0 Å². The second kappa shape index (κ2) is 7.30. The van der Waals surface area contributed by atoms with Crippen LogP contribution in [0.2, 0.25) is 0 Å². The molecule has 1 N–H and O–H groups in total. The summed E-state index contributed by atoms with van der Waals surface area (Å²) in [5, 5.41) is 11.9. The molecule has 0 saturated carbocycles. The van der Waals surface area contributed by atoms with Crippen molar-refractivity contribution in [2.24, 2.45) is 0 Å². The predicted octanol–water partition coefficient (Wildman–Crippen LogP) is 3.18. The maximum atomic E-state index is 12.0. The van der Waals surface area contributed by atoms with Gasteiger partial charge in [0.15, 0.2) is 0 Å². The van der Waals surface area contributed by atoms with Crippen molar-refractivity contribution in [3.8, 4) is 5.75 Å². The number of anilines is 1. The van der Waals surface area contributed by atoms with Gasteiger partial charge in [-0.05, 0) is 42.2 Å². The van der Waals surface area contributed by atoms with Gasteiger partial charge in [0.05, 0.1) is 28.8 Å². The lowest BCUT2D eigenvalue weighted by molar-refractivity contribution is -0.384. The summed E-state index contributed by atoms with van der Waals surface area (Å²) in [5.41, 5.74) is 2.76. The number of aromatic amines is 1. The molecule has 0 spiro atoms. The molecule has 28 heavy (non-hydrogen) atoms. The van der Waals surface area contributed by atoms with Gasteiger partial charge < -0.3 is 14.6 Å². The second-order valence-electron chi connectivity index (χ2n) is 6.80. The molecule has 8 heteroatoms. The molecule has 0 unspecified atom stereocenters. The number of nitro benzene ring substituents is 1. The standard InChI is InChI=1S/C20H20N4O4/c1-2-7-28-15-4-3-14-11-23(6-5-13(14)8-15)18-10-17-16(9-19(18)24(26)27)20(25)22-12-21-17/h3-4,8-10,12H,2,5-7,11H2,1H3,(H,21,22,25). The van der Waals surface area contributed by atoms with Crippen molar-refractivity contribution in [1.82, 2.24) is 9.97 Å². The molecule has 8 nitrogen and oxygen atoms in total. The zero-order valence-corrected chi connectivity index (χ0v) is 15.5. The number of benzene rings is 2. The third-order valence-corrected chi connectivity index (χ3v) is 4.94. The number of ether oxygens (including phenoxy) is 1. The lowest BCUT2D eigenvalue weighted by Gasteiger charge is -2.30. The van der Waals surface area contributed by atoms with Gasteiger partial charge in [-0.1, -0.05) is 13.0 Å². The van der Waals surface area contributed by atoms with E-state index in [1.54, 1.807) is 6.07 Å². The topological polar surface area (TPSA) is 101 Å². The average molecular weight is 380 g/mol. The highest BCUT2D eigenvalue weighted by molar-refractivity contribution is 5.87. The van der Waals surface area contributed by atoms with Gasteiger partial charge >= 0.3 is 0 Å². The van der Waals surface area contributed by atoms with Crippen LogP contribution in [0.25, 0.3) is 10.9 Å². The number of nitrogens with zero attached hydrogens (tertiary/aromatic N) is 3. The van der Waals surface area contributed by atoms with Crippen LogP contribution in [0, 0.1) is 10.1 Å². The molecule has 144 valence electrons. The lowest BCUT2D eigenvalue weighted by Crippen LogP contribution is -2.31. The van der Waals surface area contributed by atoms with Gasteiger partial charge in [-0.2, -0.15) is 0 Å². The molecule has 2 aromatic carbocycles. The number of aromatic nitrogens is 2. The highest BCUT2D eigenvalue weighted by Crippen LogP contribution is 2.35. The summed E-state index contributed by atoms with van der Waals surface area (Å²) in [7, 11) is 0. The summed E-state index contributed by atoms with van der Waals surface area (Å²) < 4.78 is 5.70. The summed E-state index contributed by atoms with van der Waals surface area (Å²) in [4.78, 5) is 31.7. The first-order valence-electron chi connectivity index (χ1n) is 9.22. The van der Waals surface area contributed by atoms with Crippen molar-refractivity contribution in [2.75, 3.05) is 18.1 Å². The van der Waals surface area contributed by atoms with Crippen LogP contribution < -0.4 is 15.2 Å². The third kappa shape index (κ3) is 3.28. The van der Waals surface area contributed by atoms with Crippen molar-refractivity contribution >= 4 is 22.3 Å². The van der Waals surface area contributed by atoms with Gasteiger partial charge in [-0.25, -0.2) is 4.98 Å². The zero-order chi connectivity index (χ0) is 19.7. The van der Waals surface area contributed by atoms with Crippen LogP contribution >= 0.6 is 0 Å². The van der Waals surface area contributed by atoms with Gasteiger partial charge in [0.1, 0.15) is 11.4 Å². The number of nitro groups is 1. The molecule has 1 aliphatic rings. The van der Waals surface area contributed by atoms with E-state index in [1.807, 2.05) is 17.0 Å². The molecular formula is C20H20N4O4. The van der Waals surface area contributed by atoms with Crippen LogP contribution in [0.1, 0.15) is 24.5 Å². The predicted molar refractivity (Wildman–Crippen MR) is 106 cm³/mol. The summed E-state index contributed by atoms with van der Waals surface area (Å²) in [6.45, 7) is 3.94. The Kier molecular flexibility index (Phi) is 4.68. The number of nitrogens with one attached hydrogen (secondary N) is 1. The largest absolute Gasteiger partial charge is 0.494 e. The van der Waals surface area contributed by atoms with Crippen LogP contribution in [0.4, 0.5) is 11.4 Å². The molecule has 1 aromatic heterocycles. The van der Waals surface area contributed by atoms with Crippen LogP contribution in [-0.4, -0.2) is 28.0 Å². The average Bonchev–Trinajstić information content (AvgIpc) is 2.71. The fourth-order valence-electron chi connectivity index (χ4n) is 3.54. The van der Waals surface area contributed by atoms with E-state index in [0.717, 1.165) is 24.2 Å². The van der Waals surface area contributed by atoms with Crippen molar-refractivity contribution in [3.05, 3.63) is 68.3 Å². The SMILES string of the molecule is CCCOc1ccc2c(c1)CCN(c1cc3nc[nH]c(=O)c3cc1[N+](=O)[O-])C2. The van der Waals surface area contributed by atoms with Crippen LogP contribution in [-0.2, 0) is 13.0 Å². The van der Waals surface area contributed by atoms with Gasteiger partial charge in [-0.3, -0.25) is 14.9 Å². The Bertz CT molecular complexity index is 1110. The molecule has 3 aromatic rings. The van der Waals surface area contributed by atoms with E-state index in [2.05, 4.69) is 23.0 Å². The minimum absolute atomic E-state index is 0.0858. The number of hydrogen-bond donors (Lipinski definition) is 1. The van der Waals surface area contributed by atoms with Crippen LogP contribution in [0.15, 0.2) is 41.5 Å². The molecule has 0 aliphatic carbocycles. The van der Waals surface area contributed by atoms with E-state index in [1.165, 1.54) is 18.0 Å². The van der Waals surface area contributed by atoms with Crippen molar-refractivity contribution in [1.29, 1.82) is 0 Å². The van der Waals surface area contributed by atoms with Crippen LogP contribution in [0.5, 0.6) is 5.75 Å². The fraction of sp³-hybridized carbons (Fsp3) is 0.300. The Morgan fingerprint density at radius 2 is 2.14 bits per heavy atom. The highest BCUT2D eigenvalue weighted by Gasteiger charge is 2.25. The minimum Gasteiger partial charge on any atom is -0.494 e. The lowest BCUT2D eigenvalue weighted by atomic mass is 9.98. The zero-order valence-electron chi connectivity index (χ0n) is 15.5. The van der Waals surface area contributed by atoms with E-state index in [4.69, 9.17) is 4.74 Å². The van der Waals surface area contributed by atoms with Gasteiger partial charge in [-0.15, -0.1) is 0 Å². The van der Waals surface area contributed by atoms with Crippen molar-refractivity contribution in [3.63, 3.8) is 0 Å². The van der Waals surface area contributed by atoms with E-state index < -0.39 is 4.92 Å². The Balaban J connectivity index is 1.70. The van der Waals surface area contributed by atoms with E-state index >= 15 is 0 Å². The van der Waals surface area contributed by atoms with Gasteiger partial charge in [0.25, 0.3) is 11.2 Å². The Morgan fingerprint density at radius 3 is 2.93 bits per heavy atom. The Hall–Kier alpha value is -3.42. The Morgan fingerprint density at radius 1 is 1.29 bits per heavy atom. The maximum absolute atomic E-state index is 12.0. The van der Waals surface area contributed by atoms with Gasteiger partial charge in [0, 0.05) is 19.2 Å². The van der Waals surface area contributed by atoms with Gasteiger partial charge in [0.2, 0.25) is 0 Å². The fourth-order valence-corrected chi connectivity index (χ4v) is 3.54. The first-order chi connectivity index (χ1) is 13.6. The molecule has 0 atom stereocenters. The van der Waals surface area contributed by atoms with E-state index in [9.17, 15) is 14.9 Å². The molecule has 0 bridgehead atoms. The van der Waals surface area contributed by atoms with Crippen molar-refractivity contribution < 1.29 is 9.66 Å². The summed E-state index contributed by atoms with van der Waals surface area (Å²) in [6.07, 6.45) is 3.02. The third-order valence-electron chi connectivity index (χ3n) is 4.94. The van der Waals surface area contributed by atoms with Crippen molar-refractivity contribution in [2.45, 2.75) is 26.3 Å². The molecular weight excluding hydrogens is 360 g/mol. The summed E-state index contributed by atoms with van der Waals surface area (Å²) in [6, 6.07) is 8.95. The first kappa shape index (κ1) is 18.0. The highest BCUT2D eigenvalue weighted by atomic mass is 16.6. The maximum Gasteiger partial charge on any atom is 0.293 e. The quantitative estimate of drug-likeness (QED) is 0.539. The first-order valence-corrected chi connectivity index (χ1v) is 9.22. The molecule has 0 fully saturated rings. The number of hydrogen-bond acceptors (Lipinski definition) is 6. The normalized spacial score (nSPS) is 13.4. The monoisotopic (exact) mass is 380 g/mol. The number of H-pyrrole nitrogens is 1. The molecule has 0 radical (unpaired) electrons. The summed E-state index contributed by atoms with van der Waals surface area (Å²) >= 11 is 0. The number of fused-ring (bicyclic) bond motifs is 2. The molecule has 1 aliphatic heterocycles.